The molecule has 1 aliphatic heterocycles. The lowest BCUT2D eigenvalue weighted by Gasteiger charge is -2.23. The summed E-state index contributed by atoms with van der Waals surface area (Å²) in [7, 11) is 4.22. The van der Waals surface area contributed by atoms with Gasteiger partial charge < -0.3 is 15.1 Å². The predicted molar refractivity (Wildman–Crippen MR) is 139 cm³/mol. The quantitative estimate of drug-likeness (QED) is 0.328. The second-order valence-corrected chi connectivity index (χ2v) is 9.28. The van der Waals surface area contributed by atoms with E-state index in [9.17, 15) is 0 Å². The van der Waals surface area contributed by atoms with Gasteiger partial charge in [0, 0.05) is 56.3 Å². The summed E-state index contributed by atoms with van der Waals surface area (Å²) in [6.45, 7) is 1.91. The maximum Gasteiger partial charge on any atom is 0.229 e. The van der Waals surface area contributed by atoms with Gasteiger partial charge in [-0.25, -0.2) is 4.98 Å². The van der Waals surface area contributed by atoms with Crippen LogP contribution in [0.1, 0.15) is 6.42 Å². The molecule has 10 heteroatoms. The van der Waals surface area contributed by atoms with E-state index < -0.39 is 0 Å². The van der Waals surface area contributed by atoms with Crippen molar-refractivity contribution in [2.45, 2.75) is 11.9 Å². The van der Waals surface area contributed by atoms with Gasteiger partial charge >= 0.3 is 0 Å². The summed E-state index contributed by atoms with van der Waals surface area (Å²) in [6.07, 6.45) is 4.65. The van der Waals surface area contributed by atoms with E-state index in [0.29, 0.717) is 5.13 Å². The summed E-state index contributed by atoms with van der Waals surface area (Å²) in [6, 6.07) is 16.3. The average molecular weight is 479 g/mol. The van der Waals surface area contributed by atoms with Gasteiger partial charge in [0.05, 0.1) is 11.4 Å². The topological polar surface area (TPSA) is 80.8 Å². The van der Waals surface area contributed by atoms with Gasteiger partial charge in [0.15, 0.2) is 5.50 Å². The average Bonchev–Trinajstić information content (AvgIpc) is 3.56. The highest BCUT2D eigenvalue weighted by Crippen LogP contribution is 2.24. The Bertz CT molecular complexity index is 1070. The zero-order valence-electron chi connectivity index (χ0n) is 18.6. The molecule has 0 amide bonds. The first-order chi connectivity index (χ1) is 16.2. The SMILES string of the molecule is CN(CCCN(C)c1ccc(N=NC2NC=CS2)cc1)c1ccc(N=Nc2nccs2)cc1. The number of aromatic nitrogens is 1. The molecule has 2 aromatic carbocycles. The molecule has 170 valence electrons. The van der Waals surface area contributed by atoms with Crippen molar-refractivity contribution in [3.05, 3.63) is 71.7 Å². The number of benzene rings is 2. The van der Waals surface area contributed by atoms with Crippen LogP contribution in [0.3, 0.4) is 0 Å². The lowest BCUT2D eigenvalue weighted by molar-refractivity contribution is 0.763. The summed E-state index contributed by atoms with van der Waals surface area (Å²) < 4.78 is 0. The minimum absolute atomic E-state index is 0.0199. The van der Waals surface area contributed by atoms with Gasteiger partial charge in [0.1, 0.15) is 0 Å². The molecule has 0 saturated heterocycles. The molecule has 3 aromatic rings. The molecule has 0 fully saturated rings. The van der Waals surface area contributed by atoms with Gasteiger partial charge in [-0.1, -0.05) is 11.8 Å². The second-order valence-electron chi connectivity index (χ2n) is 7.42. The zero-order chi connectivity index (χ0) is 22.9. The Hall–Kier alpha value is -3.24. The fourth-order valence-corrected chi connectivity index (χ4v) is 4.19. The summed E-state index contributed by atoms with van der Waals surface area (Å²) in [5, 5.41) is 24.6. The third-order valence-electron chi connectivity index (χ3n) is 5.03. The van der Waals surface area contributed by atoms with Crippen molar-refractivity contribution in [1.82, 2.24) is 10.3 Å². The Morgan fingerprint density at radius 1 is 0.879 bits per heavy atom. The van der Waals surface area contributed by atoms with Crippen LogP contribution in [0.2, 0.25) is 0 Å². The van der Waals surface area contributed by atoms with E-state index in [1.807, 2.05) is 41.3 Å². The van der Waals surface area contributed by atoms with Gasteiger partial charge in [-0.15, -0.1) is 21.6 Å². The minimum Gasteiger partial charge on any atom is -0.375 e. The van der Waals surface area contributed by atoms with Crippen molar-refractivity contribution in [2.24, 2.45) is 20.5 Å². The first-order valence-electron chi connectivity index (χ1n) is 10.6. The summed E-state index contributed by atoms with van der Waals surface area (Å²) in [4.78, 5) is 8.62. The van der Waals surface area contributed by atoms with Crippen LogP contribution in [-0.2, 0) is 0 Å². The van der Waals surface area contributed by atoms with Gasteiger partial charge in [-0.2, -0.15) is 10.2 Å². The first-order valence-corrected chi connectivity index (χ1v) is 12.4. The maximum absolute atomic E-state index is 4.30. The molecule has 0 radical (unpaired) electrons. The van der Waals surface area contributed by atoms with E-state index in [1.54, 1.807) is 18.0 Å². The number of rotatable bonds is 10. The number of anilines is 2. The number of thioether (sulfide) groups is 1. The third kappa shape index (κ3) is 6.87. The Morgan fingerprint density at radius 3 is 2.06 bits per heavy atom. The van der Waals surface area contributed by atoms with Gasteiger partial charge in [0.25, 0.3) is 0 Å². The molecule has 0 bridgehead atoms. The van der Waals surface area contributed by atoms with Gasteiger partial charge in [0.2, 0.25) is 5.13 Å². The van der Waals surface area contributed by atoms with E-state index >= 15 is 0 Å². The molecular weight excluding hydrogens is 452 g/mol. The minimum atomic E-state index is -0.0199. The normalized spacial score (nSPS) is 15.4. The number of thiazole rings is 1. The van der Waals surface area contributed by atoms with Crippen molar-refractivity contribution in [3.8, 4) is 0 Å². The Kier molecular flexibility index (Phi) is 8.04. The lowest BCUT2D eigenvalue weighted by Crippen LogP contribution is -2.25. The highest BCUT2D eigenvalue weighted by molar-refractivity contribution is 8.02. The van der Waals surface area contributed by atoms with Gasteiger partial charge in [-0.05, 0) is 60.4 Å². The molecule has 33 heavy (non-hydrogen) atoms. The number of hydrogen-bond acceptors (Lipinski definition) is 10. The van der Waals surface area contributed by atoms with Crippen LogP contribution >= 0.6 is 23.1 Å². The molecule has 1 aliphatic rings. The number of nitrogens with zero attached hydrogens (tertiary/aromatic N) is 7. The molecule has 0 saturated carbocycles. The van der Waals surface area contributed by atoms with Crippen molar-refractivity contribution in [1.29, 1.82) is 0 Å². The zero-order valence-corrected chi connectivity index (χ0v) is 20.2. The molecule has 1 atom stereocenters. The smallest absolute Gasteiger partial charge is 0.229 e. The van der Waals surface area contributed by atoms with Crippen LogP contribution in [0.15, 0.2) is 92.2 Å². The predicted octanol–water partition coefficient (Wildman–Crippen LogP) is 6.70. The molecule has 1 aromatic heterocycles. The maximum atomic E-state index is 4.30. The largest absolute Gasteiger partial charge is 0.375 e. The van der Waals surface area contributed by atoms with Crippen molar-refractivity contribution >= 4 is 51.0 Å². The van der Waals surface area contributed by atoms with Crippen LogP contribution in [0.4, 0.5) is 27.9 Å². The monoisotopic (exact) mass is 478 g/mol. The van der Waals surface area contributed by atoms with E-state index in [0.717, 1.165) is 36.6 Å². The number of azo groups is 2. The van der Waals surface area contributed by atoms with Crippen LogP contribution in [0.5, 0.6) is 0 Å². The first kappa shape index (κ1) is 22.9. The molecule has 8 nitrogen and oxygen atoms in total. The Morgan fingerprint density at radius 2 is 1.52 bits per heavy atom. The van der Waals surface area contributed by atoms with Crippen molar-refractivity contribution in [2.75, 3.05) is 37.0 Å². The Labute approximate surface area is 202 Å². The summed E-state index contributed by atoms with van der Waals surface area (Å²) in [5.74, 6) is 0. The van der Waals surface area contributed by atoms with Crippen molar-refractivity contribution in [3.63, 3.8) is 0 Å². The second kappa shape index (κ2) is 11.6. The molecule has 4 rings (SSSR count). The standard InChI is InChI=1S/C23H26N8S2/c1-30(20-8-4-18(5-9-20)26-28-22-24-12-16-32-22)14-3-15-31(2)21-10-6-19(7-11-21)27-29-23-25-13-17-33-23/h4-13,16-17,22,24H,3,14-15H2,1-2H3. The molecule has 0 aliphatic carbocycles. The molecule has 1 unspecified atom stereocenters. The van der Waals surface area contributed by atoms with E-state index in [-0.39, 0.29) is 5.50 Å². The summed E-state index contributed by atoms with van der Waals surface area (Å²) >= 11 is 3.08. The van der Waals surface area contributed by atoms with Crippen LogP contribution in [0.25, 0.3) is 0 Å². The highest BCUT2D eigenvalue weighted by Gasteiger charge is 2.07. The fraction of sp³-hybridized carbons (Fsp3) is 0.261. The number of hydrogen-bond donors (Lipinski definition) is 1. The summed E-state index contributed by atoms with van der Waals surface area (Å²) in [5.41, 5.74) is 3.98. The fourth-order valence-electron chi connectivity index (χ4n) is 3.17. The van der Waals surface area contributed by atoms with E-state index in [1.165, 1.54) is 17.0 Å². The van der Waals surface area contributed by atoms with E-state index in [4.69, 9.17) is 0 Å². The Balaban J connectivity index is 1.21. The molecule has 2 heterocycles. The van der Waals surface area contributed by atoms with Crippen LogP contribution < -0.4 is 15.1 Å². The molecule has 1 N–H and O–H groups in total. The van der Waals surface area contributed by atoms with E-state index in [2.05, 4.69) is 78.9 Å². The number of nitrogens with one attached hydrogen (secondary N) is 1. The highest BCUT2D eigenvalue weighted by atomic mass is 32.2. The van der Waals surface area contributed by atoms with Crippen LogP contribution in [0, 0.1) is 0 Å². The van der Waals surface area contributed by atoms with Crippen LogP contribution in [-0.4, -0.2) is 37.7 Å². The lowest BCUT2D eigenvalue weighted by atomic mass is 10.2. The third-order valence-corrected chi connectivity index (χ3v) is 6.47. The van der Waals surface area contributed by atoms with Crippen molar-refractivity contribution < 1.29 is 0 Å². The molecular formula is C23H26N8S2. The van der Waals surface area contributed by atoms with Gasteiger partial charge in [-0.3, -0.25) is 0 Å². The molecule has 0 spiro atoms.